The molecule has 0 atom stereocenters. The summed E-state index contributed by atoms with van der Waals surface area (Å²) >= 11 is 3.45. The molecular weight excluding hydrogens is 318 g/mol. The molecule has 0 aliphatic carbocycles. The Bertz CT molecular complexity index is 792. The largest absolute Gasteiger partial charge is 0.478 e. The van der Waals surface area contributed by atoms with Crippen molar-refractivity contribution in [2.75, 3.05) is 0 Å². The molecule has 0 spiro atoms. The van der Waals surface area contributed by atoms with Gasteiger partial charge >= 0.3 is 5.97 Å². The van der Waals surface area contributed by atoms with Gasteiger partial charge in [0.15, 0.2) is 0 Å². The van der Waals surface area contributed by atoms with Crippen LogP contribution < -0.4 is 0 Å². The van der Waals surface area contributed by atoms with Gasteiger partial charge in [-0.1, -0.05) is 40.2 Å². The van der Waals surface area contributed by atoms with E-state index >= 15 is 0 Å². The van der Waals surface area contributed by atoms with Crippen LogP contribution in [-0.2, 0) is 6.54 Å². The Morgan fingerprint density at radius 2 is 1.95 bits per heavy atom. The van der Waals surface area contributed by atoms with Crippen LogP contribution in [0.25, 0.3) is 10.9 Å². The molecule has 100 valence electrons. The first-order chi connectivity index (χ1) is 9.65. The number of fused-ring (bicyclic) bond motifs is 1. The second-order valence-electron chi connectivity index (χ2n) is 4.61. The highest BCUT2D eigenvalue weighted by Gasteiger charge is 2.08. The van der Waals surface area contributed by atoms with E-state index in [9.17, 15) is 4.79 Å². The Morgan fingerprint density at radius 3 is 2.70 bits per heavy atom. The number of aromatic nitrogens is 1. The van der Waals surface area contributed by atoms with Gasteiger partial charge in [-0.3, -0.25) is 0 Å². The lowest BCUT2D eigenvalue weighted by Gasteiger charge is -2.08. The molecule has 4 heteroatoms. The third-order valence-corrected chi connectivity index (χ3v) is 4.06. The number of halogens is 1. The van der Waals surface area contributed by atoms with E-state index in [-0.39, 0.29) is 5.56 Å². The Kier molecular flexibility index (Phi) is 3.32. The zero-order valence-electron chi connectivity index (χ0n) is 10.6. The van der Waals surface area contributed by atoms with Crippen LogP contribution in [0.5, 0.6) is 0 Å². The van der Waals surface area contributed by atoms with Gasteiger partial charge in [-0.2, -0.15) is 0 Å². The molecule has 0 aliphatic heterocycles. The van der Waals surface area contributed by atoms with Crippen LogP contribution in [0.3, 0.4) is 0 Å². The molecule has 0 aliphatic rings. The van der Waals surface area contributed by atoms with Crippen LogP contribution in [-0.4, -0.2) is 15.6 Å². The summed E-state index contributed by atoms with van der Waals surface area (Å²) in [6.45, 7) is 0.702. The summed E-state index contributed by atoms with van der Waals surface area (Å²) in [7, 11) is 0. The number of nitrogens with zero attached hydrogens (tertiary/aromatic N) is 1. The quantitative estimate of drug-likeness (QED) is 0.784. The number of benzene rings is 2. The number of carbonyl (C=O) groups is 1. The summed E-state index contributed by atoms with van der Waals surface area (Å²) < 4.78 is 2.96. The first-order valence-electron chi connectivity index (χ1n) is 6.21. The van der Waals surface area contributed by atoms with Crippen molar-refractivity contribution in [3.05, 3.63) is 70.3 Å². The summed E-state index contributed by atoms with van der Waals surface area (Å²) in [6.07, 6.45) is 2.04. The fraction of sp³-hybridized carbons (Fsp3) is 0.0625. The lowest BCUT2D eigenvalue weighted by Crippen LogP contribution is -2.01. The smallest absolute Gasteiger partial charge is 0.335 e. The molecule has 3 aromatic rings. The number of hydrogen-bond donors (Lipinski definition) is 1. The number of aromatic carboxylic acids is 1. The van der Waals surface area contributed by atoms with E-state index in [1.807, 2.05) is 24.4 Å². The predicted molar refractivity (Wildman–Crippen MR) is 82.1 cm³/mol. The normalized spacial score (nSPS) is 10.8. The minimum atomic E-state index is -0.913. The second-order valence-corrected chi connectivity index (χ2v) is 5.47. The summed E-state index contributed by atoms with van der Waals surface area (Å²) in [5, 5.41) is 10.2. The molecule has 0 bridgehead atoms. The van der Waals surface area contributed by atoms with Crippen LogP contribution in [0, 0.1) is 0 Å². The van der Waals surface area contributed by atoms with Crippen molar-refractivity contribution in [3.63, 3.8) is 0 Å². The lowest BCUT2D eigenvalue weighted by molar-refractivity contribution is 0.0697. The highest BCUT2D eigenvalue weighted by atomic mass is 79.9. The van der Waals surface area contributed by atoms with E-state index < -0.39 is 5.97 Å². The average Bonchev–Trinajstić information content (AvgIpc) is 2.84. The van der Waals surface area contributed by atoms with Gasteiger partial charge in [-0.15, -0.1) is 0 Å². The summed E-state index contributed by atoms with van der Waals surface area (Å²) in [4.78, 5) is 10.9. The van der Waals surface area contributed by atoms with Gasteiger partial charge in [-0.05, 0) is 35.2 Å². The molecule has 0 amide bonds. The van der Waals surface area contributed by atoms with Gasteiger partial charge in [-0.25, -0.2) is 4.79 Å². The molecule has 0 unspecified atom stereocenters. The highest BCUT2D eigenvalue weighted by Crippen LogP contribution is 2.22. The first kappa shape index (κ1) is 12.9. The minimum Gasteiger partial charge on any atom is -0.478 e. The summed E-state index contributed by atoms with van der Waals surface area (Å²) in [5.74, 6) is -0.913. The third kappa shape index (κ3) is 2.34. The monoisotopic (exact) mass is 329 g/mol. The Labute approximate surface area is 124 Å². The van der Waals surface area contributed by atoms with Gasteiger partial charge in [0, 0.05) is 22.7 Å². The number of para-hydroxylation sites is 1. The van der Waals surface area contributed by atoms with Crippen molar-refractivity contribution in [3.8, 4) is 0 Å². The van der Waals surface area contributed by atoms with E-state index in [1.54, 1.807) is 12.1 Å². The minimum absolute atomic E-state index is 0.290. The van der Waals surface area contributed by atoms with Gasteiger partial charge in [0.05, 0.1) is 5.56 Å². The van der Waals surface area contributed by atoms with E-state index in [0.29, 0.717) is 6.54 Å². The van der Waals surface area contributed by atoms with Crippen molar-refractivity contribution in [2.45, 2.75) is 6.54 Å². The predicted octanol–water partition coefficient (Wildman–Crippen LogP) is 4.15. The van der Waals surface area contributed by atoms with E-state index in [4.69, 9.17) is 5.11 Å². The van der Waals surface area contributed by atoms with Crippen molar-refractivity contribution in [1.82, 2.24) is 4.57 Å². The van der Waals surface area contributed by atoms with Gasteiger partial charge in [0.1, 0.15) is 0 Å². The van der Waals surface area contributed by atoms with Crippen LogP contribution in [0.15, 0.2) is 59.2 Å². The number of carboxylic acid groups (broad SMARTS) is 1. The topological polar surface area (TPSA) is 42.2 Å². The molecule has 0 radical (unpaired) electrons. The van der Waals surface area contributed by atoms with Crippen molar-refractivity contribution >= 4 is 32.8 Å². The third-order valence-electron chi connectivity index (χ3n) is 3.32. The molecular formula is C16H12BrNO2. The highest BCUT2D eigenvalue weighted by molar-refractivity contribution is 9.10. The Hall–Kier alpha value is -2.07. The molecule has 3 rings (SSSR count). The Morgan fingerprint density at radius 1 is 1.15 bits per heavy atom. The second kappa shape index (κ2) is 5.13. The molecule has 0 saturated carbocycles. The van der Waals surface area contributed by atoms with E-state index in [0.717, 1.165) is 10.0 Å². The van der Waals surface area contributed by atoms with Crippen molar-refractivity contribution in [2.24, 2.45) is 0 Å². The maximum absolute atomic E-state index is 10.9. The lowest BCUT2D eigenvalue weighted by atomic mass is 10.1. The molecule has 2 aromatic carbocycles. The molecule has 20 heavy (non-hydrogen) atoms. The maximum atomic E-state index is 10.9. The summed E-state index contributed by atoms with van der Waals surface area (Å²) in [6, 6.07) is 15.4. The average molecular weight is 330 g/mol. The SMILES string of the molecule is O=C(O)c1ccc(Cn2ccc3ccccc32)c(Br)c1. The van der Waals surface area contributed by atoms with E-state index in [2.05, 4.69) is 38.7 Å². The standard InChI is InChI=1S/C16H12BrNO2/c17-14-9-12(16(19)20)5-6-13(14)10-18-8-7-11-3-1-2-4-15(11)18/h1-9H,10H2,(H,19,20). The van der Waals surface area contributed by atoms with Crippen molar-refractivity contribution < 1.29 is 9.90 Å². The van der Waals surface area contributed by atoms with Gasteiger partial charge in [0.25, 0.3) is 0 Å². The summed E-state index contributed by atoms with van der Waals surface area (Å²) in [5.41, 5.74) is 2.51. The zero-order valence-corrected chi connectivity index (χ0v) is 12.2. The molecule has 0 saturated heterocycles. The molecule has 1 N–H and O–H groups in total. The number of rotatable bonds is 3. The molecule has 0 fully saturated rings. The van der Waals surface area contributed by atoms with Crippen molar-refractivity contribution in [1.29, 1.82) is 0 Å². The van der Waals surface area contributed by atoms with Gasteiger partial charge < -0.3 is 9.67 Å². The fourth-order valence-corrected chi connectivity index (χ4v) is 2.77. The Balaban J connectivity index is 1.97. The fourth-order valence-electron chi connectivity index (χ4n) is 2.27. The molecule has 1 aromatic heterocycles. The zero-order chi connectivity index (χ0) is 14.1. The van der Waals surface area contributed by atoms with Gasteiger partial charge in [0.2, 0.25) is 0 Å². The van der Waals surface area contributed by atoms with Crippen LogP contribution in [0.1, 0.15) is 15.9 Å². The molecule has 1 heterocycles. The first-order valence-corrected chi connectivity index (χ1v) is 7.00. The maximum Gasteiger partial charge on any atom is 0.335 e. The van der Waals surface area contributed by atoms with Crippen LogP contribution >= 0.6 is 15.9 Å². The van der Waals surface area contributed by atoms with E-state index in [1.165, 1.54) is 10.9 Å². The van der Waals surface area contributed by atoms with Crippen LogP contribution in [0.2, 0.25) is 0 Å². The molecule has 3 nitrogen and oxygen atoms in total. The number of carboxylic acids is 1. The van der Waals surface area contributed by atoms with Crippen LogP contribution in [0.4, 0.5) is 0 Å². The number of hydrogen-bond acceptors (Lipinski definition) is 1.